The lowest BCUT2D eigenvalue weighted by Gasteiger charge is -2.23. The molecule has 0 heterocycles. The Bertz CT molecular complexity index is 236. The summed E-state index contributed by atoms with van der Waals surface area (Å²) < 4.78 is 0. The van der Waals surface area contributed by atoms with Crippen LogP contribution in [0.1, 0.15) is 27.2 Å². The average Bonchev–Trinajstić information content (AvgIpc) is 1.95. The quantitative estimate of drug-likeness (QED) is 0.494. The first-order chi connectivity index (χ1) is 6.70. The molecule has 0 aromatic rings. The van der Waals surface area contributed by atoms with Crippen LogP contribution in [0, 0.1) is 25.6 Å². The second-order valence-corrected chi connectivity index (χ2v) is 4.24. The monoisotopic (exact) mass is 222 g/mol. The Balaban J connectivity index is 4.18. The van der Waals surface area contributed by atoms with E-state index in [0.29, 0.717) is 6.42 Å². The van der Waals surface area contributed by atoms with Gasteiger partial charge in [0.15, 0.2) is 0 Å². The average molecular weight is 222 g/mol. The fourth-order valence-electron chi connectivity index (χ4n) is 1.08. The van der Waals surface area contributed by atoms with Crippen LogP contribution < -0.4 is 0 Å². The smallest absolute Gasteiger partial charge is 0.294 e. The van der Waals surface area contributed by atoms with E-state index in [1.807, 2.05) is 20.8 Å². The van der Waals surface area contributed by atoms with Gasteiger partial charge in [0.05, 0.1) is 0 Å². The lowest BCUT2D eigenvalue weighted by atomic mass is 9.89. The molecule has 1 unspecified atom stereocenters. The third-order valence-corrected chi connectivity index (χ3v) is 1.44. The van der Waals surface area contributed by atoms with Gasteiger partial charge in [0, 0.05) is 0 Å². The van der Waals surface area contributed by atoms with Gasteiger partial charge in [0.1, 0.15) is 12.7 Å². The fourth-order valence-corrected chi connectivity index (χ4v) is 1.08. The Labute approximate surface area is 86.4 Å². The summed E-state index contributed by atoms with van der Waals surface area (Å²) in [6.07, 6.45) is -0.632. The molecule has 0 N–H and O–H groups in total. The molecule has 0 saturated heterocycles. The van der Waals surface area contributed by atoms with Gasteiger partial charge in [-0.2, -0.15) is 0 Å². The Morgan fingerprint density at radius 1 is 1.20 bits per heavy atom. The van der Waals surface area contributed by atoms with Crippen LogP contribution >= 0.6 is 0 Å². The van der Waals surface area contributed by atoms with Gasteiger partial charge < -0.3 is 9.68 Å². The van der Waals surface area contributed by atoms with Crippen molar-refractivity contribution in [2.75, 3.05) is 6.61 Å². The molecule has 0 aliphatic rings. The summed E-state index contributed by atoms with van der Waals surface area (Å²) in [5, 5.41) is 18.0. The van der Waals surface area contributed by atoms with Gasteiger partial charge >= 0.3 is 0 Å². The van der Waals surface area contributed by atoms with E-state index in [1.54, 1.807) is 0 Å². The molecule has 0 rings (SSSR count). The molecule has 8 nitrogen and oxygen atoms in total. The molecule has 8 heteroatoms. The van der Waals surface area contributed by atoms with Gasteiger partial charge in [0.2, 0.25) is 0 Å². The molecule has 1 atom stereocenters. The number of hydrogen-bond acceptors (Lipinski definition) is 6. The summed E-state index contributed by atoms with van der Waals surface area (Å²) in [5.74, 6) is 0. The van der Waals surface area contributed by atoms with E-state index in [0.717, 1.165) is 0 Å². The highest BCUT2D eigenvalue weighted by molar-refractivity contribution is 4.67. The molecule has 0 bridgehead atoms. The van der Waals surface area contributed by atoms with Crippen LogP contribution in [0.3, 0.4) is 0 Å². The van der Waals surface area contributed by atoms with Crippen molar-refractivity contribution >= 4 is 0 Å². The minimum absolute atomic E-state index is 0.235. The molecule has 0 radical (unpaired) electrons. The van der Waals surface area contributed by atoms with Gasteiger partial charge in [-0.3, -0.25) is 0 Å². The first-order valence-corrected chi connectivity index (χ1v) is 4.29. The maximum Gasteiger partial charge on any atom is 0.294 e. The topological polar surface area (TPSA) is 105 Å². The lowest BCUT2D eigenvalue weighted by molar-refractivity contribution is -0.790. The van der Waals surface area contributed by atoms with E-state index in [1.165, 1.54) is 0 Å². The van der Waals surface area contributed by atoms with Crippen molar-refractivity contribution in [3.63, 3.8) is 0 Å². The van der Waals surface area contributed by atoms with Gasteiger partial charge in [-0.15, -0.1) is 20.2 Å². The Kier molecular flexibility index (Phi) is 4.75. The lowest BCUT2D eigenvalue weighted by Crippen LogP contribution is -2.29. The first kappa shape index (κ1) is 13.4. The second kappa shape index (κ2) is 5.32. The van der Waals surface area contributed by atoms with Gasteiger partial charge in [-0.05, 0) is 11.8 Å². The van der Waals surface area contributed by atoms with Crippen LogP contribution in [-0.4, -0.2) is 22.9 Å². The third-order valence-electron chi connectivity index (χ3n) is 1.44. The molecule has 88 valence electrons. The van der Waals surface area contributed by atoms with Crippen LogP contribution in [-0.2, 0) is 9.68 Å². The van der Waals surface area contributed by atoms with Crippen molar-refractivity contribution in [3.05, 3.63) is 20.2 Å². The maximum atomic E-state index is 10.1. The van der Waals surface area contributed by atoms with Crippen LogP contribution in [0.5, 0.6) is 0 Å². The summed E-state index contributed by atoms with van der Waals surface area (Å²) in [6.45, 7) is 5.09. The van der Waals surface area contributed by atoms with E-state index in [2.05, 4.69) is 9.68 Å². The molecule has 0 amide bonds. The summed E-state index contributed by atoms with van der Waals surface area (Å²) in [7, 11) is 0. The number of nitrogens with zero attached hydrogens (tertiary/aromatic N) is 2. The summed E-state index contributed by atoms with van der Waals surface area (Å²) >= 11 is 0. The predicted octanol–water partition coefficient (Wildman–Crippen LogP) is 1.21. The minimum atomic E-state index is -1.00. The van der Waals surface area contributed by atoms with Crippen molar-refractivity contribution in [1.29, 1.82) is 0 Å². The van der Waals surface area contributed by atoms with Gasteiger partial charge in [-0.25, -0.2) is 0 Å². The minimum Gasteiger partial charge on any atom is -0.312 e. The second-order valence-electron chi connectivity index (χ2n) is 4.24. The predicted molar refractivity (Wildman–Crippen MR) is 48.9 cm³/mol. The van der Waals surface area contributed by atoms with Crippen molar-refractivity contribution in [2.24, 2.45) is 5.41 Å². The number of rotatable bonds is 6. The van der Waals surface area contributed by atoms with E-state index >= 15 is 0 Å². The zero-order chi connectivity index (χ0) is 12.1. The van der Waals surface area contributed by atoms with Gasteiger partial charge in [-0.1, -0.05) is 20.8 Å². The first-order valence-electron chi connectivity index (χ1n) is 4.29. The molecular weight excluding hydrogens is 208 g/mol. The Hall–Kier alpha value is -1.60. The van der Waals surface area contributed by atoms with E-state index < -0.39 is 22.9 Å². The normalized spacial score (nSPS) is 13.0. The molecule has 0 spiro atoms. The molecule has 0 saturated carbocycles. The van der Waals surface area contributed by atoms with Crippen LogP contribution in [0.25, 0.3) is 0 Å². The standard InChI is InChI=1S/C7H14N2O6/c1-7(2,3)4-6(15-9(12)13)5-14-8(10)11/h6H,4-5H2,1-3H3. The summed E-state index contributed by atoms with van der Waals surface area (Å²) in [6, 6.07) is 0. The zero-order valence-corrected chi connectivity index (χ0v) is 8.84. The van der Waals surface area contributed by atoms with Crippen molar-refractivity contribution in [1.82, 2.24) is 0 Å². The largest absolute Gasteiger partial charge is 0.312 e. The van der Waals surface area contributed by atoms with Crippen LogP contribution in [0.4, 0.5) is 0 Å². The van der Waals surface area contributed by atoms with Crippen molar-refractivity contribution in [2.45, 2.75) is 33.3 Å². The zero-order valence-electron chi connectivity index (χ0n) is 8.84. The summed E-state index contributed by atoms with van der Waals surface area (Å²) in [4.78, 5) is 28.3. The van der Waals surface area contributed by atoms with E-state index in [-0.39, 0.29) is 5.41 Å². The van der Waals surface area contributed by atoms with Crippen LogP contribution in [0.2, 0.25) is 0 Å². The Morgan fingerprint density at radius 2 is 1.73 bits per heavy atom. The Morgan fingerprint density at radius 3 is 2.07 bits per heavy atom. The van der Waals surface area contributed by atoms with E-state index in [9.17, 15) is 20.2 Å². The third kappa shape index (κ3) is 8.72. The van der Waals surface area contributed by atoms with E-state index in [4.69, 9.17) is 0 Å². The number of hydrogen-bond donors (Lipinski definition) is 0. The maximum absolute atomic E-state index is 10.1. The molecule has 0 aliphatic carbocycles. The molecule has 0 aromatic heterocycles. The van der Waals surface area contributed by atoms with Crippen molar-refractivity contribution in [3.8, 4) is 0 Å². The molecule has 15 heavy (non-hydrogen) atoms. The van der Waals surface area contributed by atoms with Crippen molar-refractivity contribution < 1.29 is 19.8 Å². The molecule has 0 fully saturated rings. The molecular formula is C7H14N2O6. The highest BCUT2D eigenvalue weighted by Gasteiger charge is 2.23. The summed E-state index contributed by atoms with van der Waals surface area (Å²) in [5.41, 5.74) is -0.235. The fraction of sp³-hybridized carbons (Fsp3) is 1.00. The SMILES string of the molecule is CC(C)(C)CC(CO[N+](=O)[O-])O[N+](=O)[O-]. The van der Waals surface area contributed by atoms with Crippen LogP contribution in [0.15, 0.2) is 0 Å². The van der Waals surface area contributed by atoms with Gasteiger partial charge in [0.25, 0.3) is 10.2 Å². The molecule has 0 aliphatic heterocycles. The highest BCUT2D eigenvalue weighted by atomic mass is 17.0. The highest BCUT2D eigenvalue weighted by Crippen LogP contribution is 2.22. The molecule has 0 aromatic carbocycles.